The molecule has 1 N–H and O–H groups in total. The number of thioether (sulfide) groups is 1. The molecule has 0 bridgehead atoms. The number of nitrogens with one attached hydrogen (secondary N) is 1. The van der Waals surface area contributed by atoms with E-state index in [0.717, 1.165) is 22.0 Å². The molecule has 1 atom stereocenters. The second-order valence-corrected chi connectivity index (χ2v) is 7.16. The molecule has 0 aliphatic heterocycles. The van der Waals surface area contributed by atoms with E-state index in [9.17, 15) is 4.79 Å². The lowest BCUT2D eigenvalue weighted by Crippen LogP contribution is -2.32. The first-order valence-corrected chi connectivity index (χ1v) is 9.51. The van der Waals surface area contributed by atoms with Crippen LogP contribution >= 0.6 is 11.8 Å². The zero-order chi connectivity index (χ0) is 18.4. The predicted octanol–water partition coefficient (Wildman–Crippen LogP) is 3.76. The minimum atomic E-state index is -0.217. The zero-order valence-electron chi connectivity index (χ0n) is 14.9. The van der Waals surface area contributed by atoms with Crippen LogP contribution in [0.2, 0.25) is 0 Å². The summed E-state index contributed by atoms with van der Waals surface area (Å²) in [5.41, 5.74) is 3.25. The molecule has 0 spiro atoms. The van der Waals surface area contributed by atoms with E-state index in [1.54, 1.807) is 6.33 Å². The van der Waals surface area contributed by atoms with Crippen molar-refractivity contribution in [2.45, 2.75) is 37.2 Å². The van der Waals surface area contributed by atoms with Gasteiger partial charge in [-0.05, 0) is 30.5 Å². The SMILES string of the molecule is CCC(Sc1nncn1-c1ccccc1C)C(=O)NCc1ccccc1. The molecule has 3 aromatic rings. The van der Waals surface area contributed by atoms with Crippen molar-refractivity contribution in [3.63, 3.8) is 0 Å². The van der Waals surface area contributed by atoms with Crippen molar-refractivity contribution in [1.29, 1.82) is 0 Å². The van der Waals surface area contributed by atoms with Crippen LogP contribution in [0.4, 0.5) is 0 Å². The summed E-state index contributed by atoms with van der Waals surface area (Å²) in [6, 6.07) is 18.0. The van der Waals surface area contributed by atoms with E-state index in [0.29, 0.717) is 13.0 Å². The Kier molecular flexibility index (Phi) is 6.07. The van der Waals surface area contributed by atoms with Crippen molar-refractivity contribution < 1.29 is 4.79 Å². The maximum absolute atomic E-state index is 12.6. The Morgan fingerprint density at radius 3 is 2.62 bits per heavy atom. The van der Waals surface area contributed by atoms with Crippen molar-refractivity contribution in [3.8, 4) is 5.69 Å². The highest BCUT2D eigenvalue weighted by atomic mass is 32.2. The molecule has 3 rings (SSSR count). The Bertz CT molecular complexity index is 863. The zero-order valence-corrected chi connectivity index (χ0v) is 15.7. The van der Waals surface area contributed by atoms with E-state index in [-0.39, 0.29) is 11.2 Å². The standard InChI is InChI=1S/C20H22N4OS/c1-3-18(19(25)21-13-16-10-5-4-6-11-16)26-20-23-22-14-24(20)17-12-8-7-9-15(17)2/h4-12,14,18H,3,13H2,1-2H3,(H,21,25). The number of hydrogen-bond donors (Lipinski definition) is 1. The Balaban J connectivity index is 1.70. The van der Waals surface area contributed by atoms with Crippen molar-refractivity contribution in [2.75, 3.05) is 0 Å². The first kappa shape index (κ1) is 18.2. The molecular formula is C20H22N4OS. The number of hydrogen-bond acceptors (Lipinski definition) is 4. The van der Waals surface area contributed by atoms with Crippen LogP contribution in [-0.2, 0) is 11.3 Å². The third-order valence-corrected chi connectivity index (χ3v) is 5.43. The van der Waals surface area contributed by atoms with Gasteiger partial charge in [0, 0.05) is 6.54 Å². The summed E-state index contributed by atoms with van der Waals surface area (Å²) in [5, 5.41) is 11.8. The second kappa shape index (κ2) is 8.67. The molecule has 0 saturated heterocycles. The molecule has 6 heteroatoms. The average molecular weight is 366 g/mol. The van der Waals surface area contributed by atoms with E-state index < -0.39 is 0 Å². The fourth-order valence-corrected chi connectivity index (χ4v) is 3.62. The lowest BCUT2D eigenvalue weighted by Gasteiger charge is -2.15. The third-order valence-electron chi connectivity index (χ3n) is 4.11. The fraction of sp³-hybridized carbons (Fsp3) is 0.250. The van der Waals surface area contributed by atoms with Crippen LogP contribution in [0.25, 0.3) is 5.69 Å². The van der Waals surface area contributed by atoms with Crippen LogP contribution in [0.3, 0.4) is 0 Å². The largest absolute Gasteiger partial charge is 0.351 e. The number of amides is 1. The van der Waals surface area contributed by atoms with Gasteiger partial charge in [-0.1, -0.05) is 67.2 Å². The van der Waals surface area contributed by atoms with Crippen LogP contribution in [0, 0.1) is 6.92 Å². The van der Waals surface area contributed by atoms with Gasteiger partial charge in [-0.2, -0.15) is 0 Å². The maximum Gasteiger partial charge on any atom is 0.233 e. The number of aryl methyl sites for hydroxylation is 1. The molecule has 2 aromatic carbocycles. The van der Waals surface area contributed by atoms with Gasteiger partial charge in [0.1, 0.15) is 6.33 Å². The minimum Gasteiger partial charge on any atom is -0.351 e. The highest BCUT2D eigenvalue weighted by Gasteiger charge is 2.21. The number of rotatable bonds is 7. The monoisotopic (exact) mass is 366 g/mol. The summed E-state index contributed by atoms with van der Waals surface area (Å²) in [5.74, 6) is 0.0145. The molecule has 0 saturated carbocycles. The Hall–Kier alpha value is -2.60. The minimum absolute atomic E-state index is 0.0145. The highest BCUT2D eigenvalue weighted by molar-refractivity contribution is 8.00. The van der Waals surface area contributed by atoms with Gasteiger partial charge in [0.15, 0.2) is 5.16 Å². The Labute approximate surface area is 157 Å². The summed E-state index contributed by atoms with van der Waals surface area (Å²) < 4.78 is 1.94. The van der Waals surface area contributed by atoms with Crippen LogP contribution in [0.1, 0.15) is 24.5 Å². The molecular weight excluding hydrogens is 344 g/mol. The third kappa shape index (κ3) is 4.32. The predicted molar refractivity (Wildman–Crippen MR) is 104 cm³/mol. The number of para-hydroxylation sites is 1. The lowest BCUT2D eigenvalue weighted by molar-refractivity contribution is -0.120. The smallest absolute Gasteiger partial charge is 0.233 e. The number of nitrogens with zero attached hydrogens (tertiary/aromatic N) is 3. The van der Waals surface area contributed by atoms with Gasteiger partial charge in [0.2, 0.25) is 5.91 Å². The molecule has 1 unspecified atom stereocenters. The van der Waals surface area contributed by atoms with E-state index in [1.807, 2.05) is 73.0 Å². The molecule has 0 aliphatic rings. The normalized spacial score (nSPS) is 11.9. The van der Waals surface area contributed by atoms with Crippen molar-refractivity contribution in [1.82, 2.24) is 20.1 Å². The number of carbonyl (C=O) groups excluding carboxylic acids is 1. The number of aromatic nitrogens is 3. The van der Waals surface area contributed by atoms with E-state index in [4.69, 9.17) is 0 Å². The van der Waals surface area contributed by atoms with Gasteiger partial charge in [0.05, 0.1) is 10.9 Å². The van der Waals surface area contributed by atoms with Crippen molar-refractivity contribution >= 4 is 17.7 Å². The highest BCUT2D eigenvalue weighted by Crippen LogP contribution is 2.27. The van der Waals surface area contributed by atoms with E-state index >= 15 is 0 Å². The summed E-state index contributed by atoms with van der Waals surface area (Å²) in [4.78, 5) is 12.6. The molecule has 0 fully saturated rings. The van der Waals surface area contributed by atoms with E-state index in [1.165, 1.54) is 11.8 Å². The molecule has 26 heavy (non-hydrogen) atoms. The molecule has 0 aliphatic carbocycles. The Morgan fingerprint density at radius 2 is 1.88 bits per heavy atom. The van der Waals surface area contributed by atoms with Gasteiger partial charge in [-0.25, -0.2) is 0 Å². The summed E-state index contributed by atoms with van der Waals surface area (Å²) >= 11 is 1.45. The molecule has 1 amide bonds. The summed E-state index contributed by atoms with van der Waals surface area (Å²) in [7, 11) is 0. The fourth-order valence-electron chi connectivity index (χ4n) is 2.65. The van der Waals surface area contributed by atoms with Crippen molar-refractivity contribution in [2.24, 2.45) is 0 Å². The van der Waals surface area contributed by atoms with Crippen LogP contribution < -0.4 is 5.32 Å². The van der Waals surface area contributed by atoms with Crippen molar-refractivity contribution in [3.05, 3.63) is 72.1 Å². The topological polar surface area (TPSA) is 59.8 Å². The molecule has 134 valence electrons. The number of carbonyl (C=O) groups is 1. The van der Waals surface area contributed by atoms with Crippen LogP contribution in [0.15, 0.2) is 66.1 Å². The van der Waals surface area contributed by atoms with Gasteiger partial charge in [-0.15, -0.1) is 10.2 Å². The Morgan fingerprint density at radius 1 is 1.15 bits per heavy atom. The van der Waals surface area contributed by atoms with Gasteiger partial charge < -0.3 is 5.32 Å². The maximum atomic E-state index is 12.6. The average Bonchev–Trinajstić information content (AvgIpc) is 3.13. The van der Waals surface area contributed by atoms with E-state index in [2.05, 4.69) is 15.5 Å². The molecule has 1 heterocycles. The van der Waals surface area contributed by atoms with Crippen LogP contribution in [0.5, 0.6) is 0 Å². The molecule has 0 radical (unpaired) electrons. The lowest BCUT2D eigenvalue weighted by atomic mass is 10.2. The number of benzene rings is 2. The first-order valence-electron chi connectivity index (χ1n) is 8.63. The summed E-state index contributed by atoms with van der Waals surface area (Å²) in [6.45, 7) is 4.59. The summed E-state index contributed by atoms with van der Waals surface area (Å²) in [6.07, 6.45) is 2.41. The first-order chi connectivity index (χ1) is 12.7. The van der Waals surface area contributed by atoms with Gasteiger partial charge in [-0.3, -0.25) is 9.36 Å². The molecule has 5 nitrogen and oxygen atoms in total. The van der Waals surface area contributed by atoms with Gasteiger partial charge >= 0.3 is 0 Å². The van der Waals surface area contributed by atoms with Crippen LogP contribution in [-0.4, -0.2) is 25.9 Å². The quantitative estimate of drug-likeness (QED) is 0.647. The second-order valence-electron chi connectivity index (χ2n) is 5.99. The molecule has 1 aromatic heterocycles. The van der Waals surface area contributed by atoms with Gasteiger partial charge in [0.25, 0.3) is 0 Å².